The summed E-state index contributed by atoms with van der Waals surface area (Å²) in [6.07, 6.45) is -2.37. The number of halogens is 3. The molecular formula is C9H5BrF2S. The van der Waals surface area contributed by atoms with Gasteiger partial charge >= 0.3 is 0 Å². The average molecular weight is 263 g/mol. The first kappa shape index (κ1) is 9.09. The maximum Gasteiger partial charge on any atom is 0.272 e. The second kappa shape index (κ2) is 3.35. The Labute approximate surface area is 86.3 Å². The van der Waals surface area contributed by atoms with Crippen LogP contribution < -0.4 is 0 Å². The van der Waals surface area contributed by atoms with Gasteiger partial charge in [-0.1, -0.05) is 22.0 Å². The molecule has 0 aliphatic heterocycles. The van der Waals surface area contributed by atoms with Crippen LogP contribution in [0.2, 0.25) is 0 Å². The highest BCUT2D eigenvalue weighted by Gasteiger charge is 2.12. The zero-order chi connectivity index (χ0) is 9.42. The molecule has 2 aromatic rings. The van der Waals surface area contributed by atoms with Crippen molar-refractivity contribution >= 4 is 37.4 Å². The molecule has 0 bridgehead atoms. The topological polar surface area (TPSA) is 0 Å². The fraction of sp³-hybridized carbons (Fsp3) is 0.111. The lowest BCUT2D eigenvalue weighted by atomic mass is 10.2. The molecule has 0 aliphatic rings. The number of thiophene rings is 1. The molecular weight excluding hydrogens is 258 g/mol. The summed E-state index contributed by atoms with van der Waals surface area (Å²) in [6, 6.07) is 7.08. The van der Waals surface area contributed by atoms with Crippen molar-refractivity contribution in [1.29, 1.82) is 0 Å². The minimum absolute atomic E-state index is 0.127. The van der Waals surface area contributed by atoms with Gasteiger partial charge in [0, 0.05) is 14.6 Å². The standard InChI is InChI=1S/C9H5BrF2S/c10-6-2-1-3-7-5(6)4-8(13-7)9(11)12/h1-4,9H. The molecule has 0 fully saturated rings. The van der Waals surface area contributed by atoms with Crippen LogP contribution in [0.4, 0.5) is 8.78 Å². The van der Waals surface area contributed by atoms with Crippen LogP contribution in [-0.4, -0.2) is 0 Å². The summed E-state index contributed by atoms with van der Waals surface area (Å²) in [4.78, 5) is 0.127. The van der Waals surface area contributed by atoms with Crippen molar-refractivity contribution < 1.29 is 8.78 Å². The van der Waals surface area contributed by atoms with Crippen LogP contribution in [0, 0.1) is 0 Å². The van der Waals surface area contributed by atoms with Gasteiger partial charge in [-0.05, 0) is 18.2 Å². The van der Waals surface area contributed by atoms with E-state index in [1.54, 1.807) is 0 Å². The van der Waals surface area contributed by atoms with Crippen molar-refractivity contribution in [2.75, 3.05) is 0 Å². The maximum absolute atomic E-state index is 12.3. The first-order valence-electron chi connectivity index (χ1n) is 3.64. The Balaban J connectivity index is 2.68. The third-order valence-corrected chi connectivity index (χ3v) is 3.54. The summed E-state index contributed by atoms with van der Waals surface area (Å²) in [5.74, 6) is 0. The van der Waals surface area contributed by atoms with E-state index in [1.807, 2.05) is 18.2 Å². The predicted octanol–water partition coefficient (Wildman–Crippen LogP) is 4.60. The van der Waals surface area contributed by atoms with Gasteiger partial charge in [-0.15, -0.1) is 11.3 Å². The molecule has 0 spiro atoms. The fourth-order valence-corrected chi connectivity index (χ4v) is 2.71. The molecule has 1 heterocycles. The Morgan fingerprint density at radius 2 is 2.08 bits per heavy atom. The summed E-state index contributed by atoms with van der Waals surface area (Å²) in [5, 5.41) is 0.864. The van der Waals surface area contributed by atoms with Gasteiger partial charge in [0.15, 0.2) is 0 Å². The summed E-state index contributed by atoms with van der Waals surface area (Å²) >= 11 is 4.46. The third-order valence-electron chi connectivity index (χ3n) is 1.74. The highest BCUT2D eigenvalue weighted by atomic mass is 79.9. The van der Waals surface area contributed by atoms with Crippen molar-refractivity contribution in [1.82, 2.24) is 0 Å². The molecule has 0 nitrogen and oxygen atoms in total. The number of hydrogen-bond acceptors (Lipinski definition) is 1. The third kappa shape index (κ3) is 1.60. The second-order valence-corrected chi connectivity index (χ2v) is 4.57. The lowest BCUT2D eigenvalue weighted by Gasteiger charge is -1.90. The van der Waals surface area contributed by atoms with Crippen molar-refractivity contribution in [3.8, 4) is 0 Å². The van der Waals surface area contributed by atoms with E-state index >= 15 is 0 Å². The van der Waals surface area contributed by atoms with E-state index in [-0.39, 0.29) is 4.88 Å². The van der Waals surface area contributed by atoms with Gasteiger partial charge in [-0.2, -0.15) is 0 Å². The van der Waals surface area contributed by atoms with Gasteiger partial charge < -0.3 is 0 Å². The molecule has 68 valence electrons. The zero-order valence-corrected chi connectivity index (χ0v) is 8.83. The molecule has 4 heteroatoms. The summed E-state index contributed by atoms with van der Waals surface area (Å²) in [7, 11) is 0. The molecule has 0 atom stereocenters. The Morgan fingerprint density at radius 3 is 2.69 bits per heavy atom. The minimum atomic E-state index is -2.37. The molecule has 0 saturated carbocycles. The van der Waals surface area contributed by atoms with E-state index in [4.69, 9.17) is 0 Å². The van der Waals surface area contributed by atoms with Crippen LogP contribution >= 0.6 is 27.3 Å². The van der Waals surface area contributed by atoms with Crippen LogP contribution in [0.1, 0.15) is 11.3 Å². The summed E-state index contributed by atoms with van der Waals surface area (Å²) in [5.41, 5.74) is 0. The van der Waals surface area contributed by atoms with Crippen molar-refractivity contribution in [3.63, 3.8) is 0 Å². The van der Waals surface area contributed by atoms with Gasteiger partial charge in [0.1, 0.15) is 0 Å². The summed E-state index contributed by atoms with van der Waals surface area (Å²) in [6.45, 7) is 0. The van der Waals surface area contributed by atoms with Gasteiger partial charge in [0.25, 0.3) is 6.43 Å². The highest BCUT2D eigenvalue weighted by molar-refractivity contribution is 9.10. The number of alkyl halides is 2. The smallest absolute Gasteiger partial charge is 0.204 e. The SMILES string of the molecule is FC(F)c1cc2c(Br)cccc2s1. The molecule has 0 amide bonds. The predicted molar refractivity (Wildman–Crippen MR) is 54.5 cm³/mol. The molecule has 0 N–H and O–H groups in total. The first-order valence-corrected chi connectivity index (χ1v) is 5.25. The Bertz CT molecular complexity index is 436. The maximum atomic E-state index is 12.3. The number of rotatable bonds is 1. The normalized spacial score (nSPS) is 11.4. The van der Waals surface area contributed by atoms with E-state index in [2.05, 4.69) is 15.9 Å². The molecule has 1 aromatic heterocycles. The van der Waals surface area contributed by atoms with E-state index in [9.17, 15) is 8.78 Å². The molecule has 0 unspecified atom stereocenters. The number of benzene rings is 1. The van der Waals surface area contributed by atoms with E-state index in [0.29, 0.717) is 0 Å². The molecule has 0 radical (unpaired) electrons. The Morgan fingerprint density at radius 1 is 1.31 bits per heavy atom. The van der Waals surface area contributed by atoms with Crippen molar-refractivity contribution in [3.05, 3.63) is 33.6 Å². The van der Waals surface area contributed by atoms with Crippen molar-refractivity contribution in [2.24, 2.45) is 0 Å². The minimum Gasteiger partial charge on any atom is -0.204 e. The van der Waals surface area contributed by atoms with Crippen LogP contribution in [0.5, 0.6) is 0 Å². The lowest BCUT2D eigenvalue weighted by molar-refractivity contribution is 0.156. The van der Waals surface area contributed by atoms with Crippen LogP contribution in [-0.2, 0) is 0 Å². The monoisotopic (exact) mass is 262 g/mol. The molecule has 0 saturated heterocycles. The molecule has 2 rings (SSSR count). The molecule has 13 heavy (non-hydrogen) atoms. The molecule has 0 aliphatic carbocycles. The van der Waals surface area contributed by atoms with Gasteiger partial charge in [0.2, 0.25) is 0 Å². The van der Waals surface area contributed by atoms with Gasteiger partial charge in [0.05, 0.1) is 4.88 Å². The van der Waals surface area contributed by atoms with E-state index < -0.39 is 6.43 Å². The van der Waals surface area contributed by atoms with Gasteiger partial charge in [-0.25, -0.2) is 8.78 Å². The number of hydrogen-bond donors (Lipinski definition) is 0. The zero-order valence-electron chi connectivity index (χ0n) is 6.43. The van der Waals surface area contributed by atoms with Gasteiger partial charge in [-0.3, -0.25) is 0 Å². The second-order valence-electron chi connectivity index (χ2n) is 2.60. The number of fused-ring (bicyclic) bond motifs is 1. The Kier molecular flexibility index (Phi) is 2.34. The molecule has 1 aromatic carbocycles. The lowest BCUT2D eigenvalue weighted by Crippen LogP contribution is -1.72. The van der Waals surface area contributed by atoms with E-state index in [0.717, 1.165) is 25.9 Å². The fourth-order valence-electron chi connectivity index (χ4n) is 1.15. The van der Waals surface area contributed by atoms with Crippen molar-refractivity contribution in [2.45, 2.75) is 6.43 Å². The Hall–Kier alpha value is -0.480. The van der Waals surface area contributed by atoms with E-state index in [1.165, 1.54) is 6.07 Å². The van der Waals surface area contributed by atoms with Crippen LogP contribution in [0.3, 0.4) is 0 Å². The quantitative estimate of drug-likeness (QED) is 0.705. The first-order chi connectivity index (χ1) is 6.18. The summed E-state index contributed by atoms with van der Waals surface area (Å²) < 4.78 is 26.4. The van der Waals surface area contributed by atoms with Crippen LogP contribution in [0.15, 0.2) is 28.7 Å². The largest absolute Gasteiger partial charge is 0.272 e. The average Bonchev–Trinajstić information content (AvgIpc) is 2.49. The van der Waals surface area contributed by atoms with Crippen LogP contribution in [0.25, 0.3) is 10.1 Å². The highest BCUT2D eigenvalue weighted by Crippen LogP contribution is 2.35.